The van der Waals surface area contributed by atoms with Crippen LogP contribution >= 0.6 is 11.3 Å². The van der Waals surface area contributed by atoms with Crippen molar-refractivity contribution >= 4 is 22.4 Å². The Morgan fingerprint density at radius 3 is 2.78 bits per heavy atom. The lowest BCUT2D eigenvalue weighted by Gasteiger charge is -2.09. The van der Waals surface area contributed by atoms with Crippen LogP contribution in [0.15, 0.2) is 29.6 Å². The third-order valence-electron chi connectivity index (χ3n) is 3.18. The summed E-state index contributed by atoms with van der Waals surface area (Å²) < 4.78 is 38.2. The lowest BCUT2D eigenvalue weighted by Crippen LogP contribution is -2.28. The molecule has 2 N–H and O–H groups in total. The van der Waals surface area contributed by atoms with Gasteiger partial charge in [-0.2, -0.15) is 13.2 Å². The first-order chi connectivity index (χ1) is 10.8. The molecule has 0 saturated carbocycles. The zero-order valence-corrected chi connectivity index (χ0v) is 13.4. The largest absolute Gasteiger partial charge is 0.416 e. The Morgan fingerprint density at radius 2 is 2.13 bits per heavy atom. The molecule has 1 aromatic heterocycles. The number of hydrogen-bond acceptors (Lipinski definition) is 4. The van der Waals surface area contributed by atoms with Gasteiger partial charge in [0.1, 0.15) is 0 Å². The van der Waals surface area contributed by atoms with E-state index in [1.165, 1.54) is 17.4 Å². The Hall–Kier alpha value is -1.93. The summed E-state index contributed by atoms with van der Waals surface area (Å²) in [6.45, 7) is 2.30. The zero-order valence-electron chi connectivity index (χ0n) is 12.6. The number of amides is 1. The number of carbonyl (C=O) groups excluding carboxylic acids is 1. The molecule has 8 heteroatoms. The van der Waals surface area contributed by atoms with Crippen LogP contribution in [0.5, 0.6) is 0 Å². The fraction of sp³-hybridized carbons (Fsp3) is 0.333. The molecule has 2 aromatic rings. The van der Waals surface area contributed by atoms with E-state index in [1.807, 2.05) is 0 Å². The van der Waals surface area contributed by atoms with Gasteiger partial charge < -0.3 is 10.6 Å². The van der Waals surface area contributed by atoms with Gasteiger partial charge >= 0.3 is 6.18 Å². The predicted octanol–water partition coefficient (Wildman–Crippen LogP) is 3.62. The van der Waals surface area contributed by atoms with Gasteiger partial charge in [0, 0.05) is 23.4 Å². The fourth-order valence-electron chi connectivity index (χ4n) is 1.95. The summed E-state index contributed by atoms with van der Waals surface area (Å²) in [7, 11) is 1.75. The summed E-state index contributed by atoms with van der Waals surface area (Å²) in [6, 6.07) is 4.95. The van der Waals surface area contributed by atoms with E-state index in [0.29, 0.717) is 22.9 Å². The number of aromatic nitrogens is 1. The van der Waals surface area contributed by atoms with Crippen LogP contribution < -0.4 is 10.6 Å². The van der Waals surface area contributed by atoms with Crippen LogP contribution in [0.4, 0.5) is 18.3 Å². The van der Waals surface area contributed by atoms with E-state index in [4.69, 9.17) is 0 Å². The number of nitrogens with zero attached hydrogens (tertiary/aromatic N) is 1. The van der Waals surface area contributed by atoms with E-state index in [-0.39, 0.29) is 11.8 Å². The summed E-state index contributed by atoms with van der Waals surface area (Å²) in [6.07, 6.45) is -4.40. The third-order valence-corrected chi connectivity index (χ3v) is 3.94. The molecule has 1 amide bonds. The topological polar surface area (TPSA) is 54.0 Å². The van der Waals surface area contributed by atoms with Crippen LogP contribution in [0.3, 0.4) is 0 Å². The lowest BCUT2D eigenvalue weighted by atomic mass is 10.1. The van der Waals surface area contributed by atoms with Gasteiger partial charge in [-0.05, 0) is 19.2 Å². The minimum Gasteiger partial charge on any atom is -0.319 e. The van der Waals surface area contributed by atoms with Crippen molar-refractivity contribution in [3.8, 4) is 11.3 Å². The molecule has 0 aliphatic rings. The van der Waals surface area contributed by atoms with E-state index < -0.39 is 11.7 Å². The highest BCUT2D eigenvalue weighted by Gasteiger charge is 2.30. The summed E-state index contributed by atoms with van der Waals surface area (Å²) in [5.41, 5.74) is 0.0359. The van der Waals surface area contributed by atoms with Crippen LogP contribution in [0.25, 0.3) is 11.3 Å². The van der Waals surface area contributed by atoms with Crippen LogP contribution in [0.1, 0.15) is 12.5 Å². The normalized spacial score (nSPS) is 12.9. The Labute approximate surface area is 135 Å². The minimum atomic E-state index is -4.40. The number of thiazole rings is 1. The monoisotopic (exact) mass is 343 g/mol. The van der Waals surface area contributed by atoms with Gasteiger partial charge in [0.25, 0.3) is 0 Å². The van der Waals surface area contributed by atoms with Crippen molar-refractivity contribution in [2.24, 2.45) is 5.92 Å². The molecule has 0 radical (unpaired) electrons. The maximum atomic E-state index is 12.7. The Morgan fingerprint density at radius 1 is 1.39 bits per heavy atom. The van der Waals surface area contributed by atoms with Gasteiger partial charge in [-0.1, -0.05) is 19.1 Å². The van der Waals surface area contributed by atoms with Gasteiger partial charge in [-0.25, -0.2) is 4.98 Å². The first kappa shape index (κ1) is 17.4. The van der Waals surface area contributed by atoms with Gasteiger partial charge in [0.2, 0.25) is 5.91 Å². The molecule has 4 nitrogen and oxygen atoms in total. The highest BCUT2D eigenvalue weighted by Crippen LogP contribution is 2.33. The first-order valence-corrected chi connectivity index (χ1v) is 7.78. The molecule has 0 spiro atoms. The van der Waals surface area contributed by atoms with E-state index in [0.717, 1.165) is 12.1 Å². The number of nitrogens with one attached hydrogen (secondary N) is 2. The number of rotatable bonds is 5. The molecular weight excluding hydrogens is 327 g/mol. The van der Waals surface area contributed by atoms with Gasteiger partial charge in [-0.15, -0.1) is 11.3 Å². The Kier molecular flexibility index (Phi) is 5.38. The number of halogens is 3. The summed E-state index contributed by atoms with van der Waals surface area (Å²) in [4.78, 5) is 16.1. The smallest absolute Gasteiger partial charge is 0.319 e. The van der Waals surface area contributed by atoms with Crippen molar-refractivity contribution in [1.82, 2.24) is 10.3 Å². The second-order valence-corrected chi connectivity index (χ2v) is 5.92. The number of carbonyl (C=O) groups is 1. The molecule has 0 aliphatic heterocycles. The summed E-state index contributed by atoms with van der Waals surface area (Å²) in [5.74, 6) is -0.426. The van der Waals surface area contributed by atoms with Crippen molar-refractivity contribution in [2.75, 3.05) is 18.9 Å². The van der Waals surface area contributed by atoms with Crippen molar-refractivity contribution in [3.63, 3.8) is 0 Å². The molecule has 1 aromatic carbocycles. The minimum absolute atomic E-state index is 0.190. The van der Waals surface area contributed by atoms with Crippen LogP contribution in [0.2, 0.25) is 0 Å². The van der Waals surface area contributed by atoms with Crippen molar-refractivity contribution in [2.45, 2.75) is 13.1 Å². The van der Waals surface area contributed by atoms with Crippen LogP contribution in [0, 0.1) is 5.92 Å². The molecule has 0 saturated heterocycles. The highest BCUT2D eigenvalue weighted by molar-refractivity contribution is 7.14. The van der Waals surface area contributed by atoms with Gasteiger partial charge in [0.15, 0.2) is 5.13 Å². The summed E-state index contributed by atoms with van der Waals surface area (Å²) >= 11 is 1.18. The van der Waals surface area contributed by atoms with Crippen molar-refractivity contribution < 1.29 is 18.0 Å². The van der Waals surface area contributed by atoms with Crippen molar-refractivity contribution in [1.29, 1.82) is 0 Å². The van der Waals surface area contributed by atoms with E-state index in [2.05, 4.69) is 15.6 Å². The molecule has 0 fully saturated rings. The maximum Gasteiger partial charge on any atom is 0.416 e. The SMILES string of the molecule is CNCC(C)C(=O)Nc1nc(-c2cccc(C(F)(F)F)c2)cs1. The molecule has 0 bridgehead atoms. The molecule has 0 aliphatic carbocycles. The Bertz CT molecular complexity index is 685. The third kappa shape index (κ3) is 4.52. The second kappa shape index (κ2) is 7.10. The van der Waals surface area contributed by atoms with Gasteiger partial charge in [0.05, 0.1) is 11.3 Å². The average Bonchev–Trinajstić information content (AvgIpc) is 2.95. The van der Waals surface area contributed by atoms with E-state index in [9.17, 15) is 18.0 Å². The first-order valence-electron chi connectivity index (χ1n) is 6.90. The predicted molar refractivity (Wildman–Crippen MR) is 84.3 cm³/mol. The zero-order chi connectivity index (χ0) is 17.0. The maximum absolute atomic E-state index is 12.7. The highest BCUT2D eigenvalue weighted by atomic mass is 32.1. The van der Waals surface area contributed by atoms with Gasteiger partial charge in [-0.3, -0.25) is 4.79 Å². The molecule has 1 heterocycles. The lowest BCUT2D eigenvalue weighted by molar-refractivity contribution is -0.137. The van der Waals surface area contributed by atoms with E-state index in [1.54, 1.807) is 25.4 Å². The molecule has 2 rings (SSSR count). The standard InChI is InChI=1S/C15H16F3N3OS/c1-9(7-19-2)13(22)21-14-20-12(8-23-14)10-4-3-5-11(6-10)15(16,17)18/h3-6,8-9,19H,7H2,1-2H3,(H,20,21,22). The number of alkyl halides is 3. The van der Waals surface area contributed by atoms with Crippen LogP contribution in [-0.2, 0) is 11.0 Å². The molecular formula is C15H16F3N3OS. The quantitative estimate of drug-likeness (QED) is 0.872. The van der Waals surface area contributed by atoms with Crippen LogP contribution in [-0.4, -0.2) is 24.5 Å². The van der Waals surface area contributed by atoms with E-state index >= 15 is 0 Å². The fourth-order valence-corrected chi connectivity index (χ4v) is 2.67. The molecule has 124 valence electrons. The second-order valence-electron chi connectivity index (χ2n) is 5.06. The number of hydrogen-bond donors (Lipinski definition) is 2. The summed E-state index contributed by atoms with van der Waals surface area (Å²) in [5, 5.41) is 7.55. The Balaban J connectivity index is 2.15. The molecule has 1 atom stereocenters. The number of benzene rings is 1. The molecule has 1 unspecified atom stereocenters. The molecule has 23 heavy (non-hydrogen) atoms. The number of anilines is 1. The average molecular weight is 343 g/mol. The van der Waals surface area contributed by atoms with Crippen molar-refractivity contribution in [3.05, 3.63) is 35.2 Å².